The number of pyridine rings is 1. The number of fused-ring (bicyclic) bond motifs is 1. The molecule has 1 N–H and O–H groups in total. The molecule has 130 valence electrons. The van der Waals surface area contributed by atoms with Crippen molar-refractivity contribution in [2.24, 2.45) is 0 Å². The first-order valence-electron chi connectivity index (χ1n) is 8.47. The van der Waals surface area contributed by atoms with Crippen LogP contribution in [-0.2, 0) is 13.1 Å². The fourth-order valence-corrected chi connectivity index (χ4v) is 3.82. The van der Waals surface area contributed by atoms with Crippen molar-refractivity contribution in [3.63, 3.8) is 0 Å². The molecule has 0 spiro atoms. The highest BCUT2D eigenvalue weighted by Crippen LogP contribution is 2.24. The maximum atomic E-state index is 12.8. The Kier molecular flexibility index (Phi) is 4.59. The highest BCUT2D eigenvalue weighted by atomic mass is 35.5. The molecular formula is C19H19Cl2N3O. The number of aromatic nitrogens is 2. The van der Waals surface area contributed by atoms with E-state index in [2.05, 4.69) is 9.88 Å². The van der Waals surface area contributed by atoms with Crippen molar-refractivity contribution in [1.82, 2.24) is 14.5 Å². The van der Waals surface area contributed by atoms with Crippen molar-refractivity contribution < 1.29 is 0 Å². The van der Waals surface area contributed by atoms with Crippen LogP contribution in [0.1, 0.15) is 18.4 Å². The predicted octanol–water partition coefficient (Wildman–Crippen LogP) is 3.91. The van der Waals surface area contributed by atoms with Gasteiger partial charge in [0.2, 0.25) is 0 Å². The van der Waals surface area contributed by atoms with Crippen LogP contribution in [0.15, 0.2) is 47.5 Å². The summed E-state index contributed by atoms with van der Waals surface area (Å²) in [5.41, 5.74) is 2.05. The topological polar surface area (TPSA) is 39.0 Å². The Labute approximate surface area is 156 Å². The summed E-state index contributed by atoms with van der Waals surface area (Å²) in [6, 6.07) is 9.92. The van der Waals surface area contributed by atoms with Gasteiger partial charge in [0.05, 0.1) is 20.9 Å². The van der Waals surface area contributed by atoms with Crippen LogP contribution in [0.25, 0.3) is 10.9 Å². The minimum Gasteiger partial charge on any atom is -0.343 e. The van der Waals surface area contributed by atoms with E-state index in [9.17, 15) is 4.79 Å². The highest BCUT2D eigenvalue weighted by Gasteiger charge is 2.16. The van der Waals surface area contributed by atoms with E-state index in [4.69, 9.17) is 23.2 Å². The van der Waals surface area contributed by atoms with E-state index in [1.165, 1.54) is 6.42 Å². The average molecular weight is 376 g/mol. The molecule has 0 aliphatic carbocycles. The number of hydrogen-bond donors (Lipinski definition) is 1. The van der Waals surface area contributed by atoms with Crippen molar-refractivity contribution in [2.45, 2.75) is 32.0 Å². The van der Waals surface area contributed by atoms with Crippen molar-refractivity contribution in [1.29, 1.82) is 0 Å². The molecule has 1 aliphatic rings. The third-order valence-corrected chi connectivity index (χ3v) is 5.57. The van der Waals surface area contributed by atoms with E-state index in [0.29, 0.717) is 22.6 Å². The zero-order valence-electron chi connectivity index (χ0n) is 13.7. The van der Waals surface area contributed by atoms with Gasteiger partial charge in [0.15, 0.2) is 0 Å². The largest absolute Gasteiger partial charge is 0.343 e. The molecule has 1 unspecified atom stereocenters. The molecule has 4 rings (SSSR count). The van der Waals surface area contributed by atoms with Crippen molar-refractivity contribution in [3.8, 4) is 0 Å². The second-order valence-corrected chi connectivity index (χ2v) is 7.37. The number of nitrogens with zero attached hydrogens (tertiary/aromatic N) is 2. The number of hydrogen-bond acceptors (Lipinski definition) is 2. The second-order valence-electron chi connectivity index (χ2n) is 6.56. The molecule has 1 saturated heterocycles. The van der Waals surface area contributed by atoms with E-state index in [-0.39, 0.29) is 5.56 Å². The van der Waals surface area contributed by atoms with Gasteiger partial charge in [-0.25, -0.2) is 0 Å². The lowest BCUT2D eigenvalue weighted by Crippen LogP contribution is -2.31. The van der Waals surface area contributed by atoms with Crippen molar-refractivity contribution in [2.75, 3.05) is 6.54 Å². The number of nitrogens with one attached hydrogen (secondary N) is 1. The van der Waals surface area contributed by atoms with Crippen LogP contribution in [0.2, 0.25) is 10.0 Å². The lowest BCUT2D eigenvalue weighted by Gasteiger charge is -2.13. The predicted molar refractivity (Wildman–Crippen MR) is 103 cm³/mol. The highest BCUT2D eigenvalue weighted by molar-refractivity contribution is 6.42. The molecule has 25 heavy (non-hydrogen) atoms. The first-order chi connectivity index (χ1) is 12.1. The first-order valence-corrected chi connectivity index (χ1v) is 9.23. The molecule has 0 radical (unpaired) electrons. The van der Waals surface area contributed by atoms with Crippen LogP contribution >= 0.6 is 23.2 Å². The molecule has 0 amide bonds. The Morgan fingerprint density at radius 2 is 1.92 bits per heavy atom. The maximum absolute atomic E-state index is 12.8. The molecule has 1 aromatic carbocycles. The van der Waals surface area contributed by atoms with Crippen LogP contribution in [-0.4, -0.2) is 21.7 Å². The van der Waals surface area contributed by atoms with Gasteiger partial charge in [-0.3, -0.25) is 4.79 Å². The van der Waals surface area contributed by atoms with Crippen LogP contribution in [0.5, 0.6) is 0 Å². The number of benzene rings is 1. The van der Waals surface area contributed by atoms with Crippen molar-refractivity contribution >= 4 is 34.1 Å². The number of rotatable bonds is 4. The van der Waals surface area contributed by atoms with Gasteiger partial charge < -0.3 is 14.5 Å². The minimum atomic E-state index is 0.0686. The van der Waals surface area contributed by atoms with E-state index < -0.39 is 0 Å². The summed E-state index contributed by atoms with van der Waals surface area (Å²) in [6.45, 7) is 2.42. The van der Waals surface area contributed by atoms with Crippen LogP contribution in [0.3, 0.4) is 0 Å². The van der Waals surface area contributed by atoms with Gasteiger partial charge in [0, 0.05) is 31.5 Å². The summed E-state index contributed by atoms with van der Waals surface area (Å²) >= 11 is 12.1. The van der Waals surface area contributed by atoms with Gasteiger partial charge in [-0.15, -0.1) is 0 Å². The minimum absolute atomic E-state index is 0.0686. The summed E-state index contributed by atoms with van der Waals surface area (Å²) in [6.07, 6.45) is 6.16. The van der Waals surface area contributed by atoms with Gasteiger partial charge in [-0.2, -0.15) is 0 Å². The zero-order chi connectivity index (χ0) is 17.4. The standard InChI is InChI=1S/C19H19Cl2N3O/c20-16-4-3-13(10-17(16)21)11-23-8-5-15-18(23)6-9-24(19(15)25)12-14-2-1-7-22-14/h3-6,8-10,14,22H,1-2,7,11-12H2. The first kappa shape index (κ1) is 16.7. The van der Waals surface area contributed by atoms with Crippen LogP contribution in [0, 0.1) is 0 Å². The van der Waals surface area contributed by atoms with Gasteiger partial charge in [-0.1, -0.05) is 29.3 Å². The molecular weight excluding hydrogens is 357 g/mol. The summed E-state index contributed by atoms with van der Waals surface area (Å²) in [4.78, 5) is 12.8. The third kappa shape index (κ3) is 3.34. The van der Waals surface area contributed by atoms with Crippen LogP contribution in [0.4, 0.5) is 0 Å². The summed E-state index contributed by atoms with van der Waals surface area (Å²) in [5, 5.41) is 5.28. The second kappa shape index (κ2) is 6.87. The molecule has 0 saturated carbocycles. The third-order valence-electron chi connectivity index (χ3n) is 4.83. The molecule has 1 fully saturated rings. The van der Waals surface area contributed by atoms with Gasteiger partial charge in [-0.05, 0) is 49.2 Å². The molecule has 1 atom stereocenters. The van der Waals surface area contributed by atoms with E-state index in [1.54, 1.807) is 6.07 Å². The summed E-state index contributed by atoms with van der Waals surface area (Å²) in [5.74, 6) is 0. The van der Waals surface area contributed by atoms with Gasteiger partial charge in [0.25, 0.3) is 5.56 Å². The summed E-state index contributed by atoms with van der Waals surface area (Å²) < 4.78 is 3.88. The molecule has 6 heteroatoms. The average Bonchev–Trinajstić information content (AvgIpc) is 3.24. The molecule has 1 aliphatic heterocycles. The fraction of sp³-hybridized carbons (Fsp3) is 0.316. The Morgan fingerprint density at radius 3 is 2.68 bits per heavy atom. The van der Waals surface area contributed by atoms with Crippen LogP contribution < -0.4 is 10.9 Å². The van der Waals surface area contributed by atoms with E-state index in [1.807, 2.05) is 41.2 Å². The fourth-order valence-electron chi connectivity index (χ4n) is 3.50. The van der Waals surface area contributed by atoms with Gasteiger partial charge >= 0.3 is 0 Å². The number of halogens is 2. The quantitative estimate of drug-likeness (QED) is 0.750. The molecule has 3 aromatic rings. The molecule has 2 aromatic heterocycles. The van der Waals surface area contributed by atoms with Gasteiger partial charge in [0.1, 0.15) is 0 Å². The Bertz CT molecular complexity index is 970. The Hall–Kier alpha value is -1.75. The monoisotopic (exact) mass is 375 g/mol. The molecule has 3 heterocycles. The zero-order valence-corrected chi connectivity index (χ0v) is 15.2. The lowest BCUT2D eigenvalue weighted by molar-refractivity contribution is 0.501. The van der Waals surface area contributed by atoms with E-state index in [0.717, 1.165) is 36.0 Å². The Balaban J connectivity index is 1.64. The lowest BCUT2D eigenvalue weighted by atomic mass is 10.2. The smallest absolute Gasteiger partial charge is 0.260 e. The summed E-state index contributed by atoms with van der Waals surface area (Å²) in [7, 11) is 0. The van der Waals surface area contributed by atoms with Crippen molar-refractivity contribution in [3.05, 3.63) is 68.7 Å². The molecule has 4 nitrogen and oxygen atoms in total. The maximum Gasteiger partial charge on any atom is 0.260 e. The Morgan fingerprint density at radius 1 is 1.08 bits per heavy atom. The molecule has 0 bridgehead atoms. The normalized spacial score (nSPS) is 17.4. The SMILES string of the molecule is O=c1c2ccn(Cc3ccc(Cl)c(Cl)c3)c2ccn1CC1CCCN1. The van der Waals surface area contributed by atoms with E-state index >= 15 is 0 Å².